The number of fused-ring (bicyclic) bond motifs is 1. The Morgan fingerprint density at radius 1 is 0.968 bits per heavy atom. The van der Waals surface area contributed by atoms with Crippen molar-refractivity contribution in [1.29, 1.82) is 0 Å². The molecule has 0 atom stereocenters. The zero-order chi connectivity index (χ0) is 21.6. The molecule has 1 amide bonds. The molecular weight excluding hydrogens is 404 g/mol. The van der Waals surface area contributed by atoms with Crippen LogP contribution in [-0.4, -0.2) is 26.9 Å². The van der Waals surface area contributed by atoms with Crippen molar-refractivity contribution in [3.8, 4) is 11.1 Å². The number of aryl methyl sites for hydroxylation is 1. The van der Waals surface area contributed by atoms with Crippen LogP contribution in [0.15, 0.2) is 89.1 Å². The van der Waals surface area contributed by atoms with Gasteiger partial charge in [-0.05, 0) is 42.7 Å². The Balaban J connectivity index is 1.37. The van der Waals surface area contributed by atoms with E-state index in [1.165, 1.54) is 17.3 Å². The number of benzene rings is 3. The number of hydrazone groups is 1. The fourth-order valence-electron chi connectivity index (χ4n) is 3.38. The quantitative estimate of drug-likeness (QED) is 0.245. The molecule has 0 radical (unpaired) electrons. The highest BCUT2D eigenvalue weighted by Gasteiger charge is 2.11. The Morgan fingerprint density at radius 3 is 2.39 bits per heavy atom. The number of thioether (sulfide) groups is 1. The molecule has 156 valence electrons. The Kier molecular flexibility index (Phi) is 6.48. The van der Waals surface area contributed by atoms with Gasteiger partial charge in [-0.1, -0.05) is 78.5 Å². The van der Waals surface area contributed by atoms with E-state index in [1.54, 1.807) is 0 Å². The first-order chi connectivity index (χ1) is 15.2. The molecule has 0 saturated carbocycles. The summed E-state index contributed by atoms with van der Waals surface area (Å²) in [5.41, 5.74) is 8.75. The smallest absolute Gasteiger partial charge is 0.250 e. The summed E-state index contributed by atoms with van der Waals surface area (Å²) >= 11 is 1.42. The van der Waals surface area contributed by atoms with Crippen molar-refractivity contribution < 1.29 is 4.79 Å². The lowest BCUT2D eigenvalue weighted by atomic mass is 10.0. The number of carbonyl (C=O) groups excluding carboxylic acids is 1. The lowest BCUT2D eigenvalue weighted by Gasteiger charge is -2.06. The molecule has 0 unspecified atom stereocenters. The molecule has 5 nitrogen and oxygen atoms in total. The van der Waals surface area contributed by atoms with Gasteiger partial charge in [0.15, 0.2) is 5.16 Å². The van der Waals surface area contributed by atoms with E-state index >= 15 is 0 Å². The van der Waals surface area contributed by atoms with Crippen LogP contribution in [0, 0.1) is 0 Å². The van der Waals surface area contributed by atoms with Crippen LogP contribution in [0.4, 0.5) is 0 Å². The summed E-state index contributed by atoms with van der Waals surface area (Å²) in [6.07, 6.45) is 0. The second-order valence-corrected chi connectivity index (χ2v) is 8.03. The van der Waals surface area contributed by atoms with Crippen molar-refractivity contribution >= 4 is 34.4 Å². The molecule has 0 aliphatic rings. The minimum atomic E-state index is -0.153. The lowest BCUT2D eigenvalue weighted by molar-refractivity contribution is -0.118. The van der Waals surface area contributed by atoms with Crippen molar-refractivity contribution in [3.05, 3.63) is 84.4 Å². The lowest BCUT2D eigenvalue weighted by Crippen LogP contribution is -2.21. The van der Waals surface area contributed by atoms with Gasteiger partial charge >= 0.3 is 0 Å². The summed E-state index contributed by atoms with van der Waals surface area (Å²) in [4.78, 5) is 17.0. The second kappa shape index (κ2) is 9.62. The highest BCUT2D eigenvalue weighted by Crippen LogP contribution is 2.24. The maximum absolute atomic E-state index is 12.3. The summed E-state index contributed by atoms with van der Waals surface area (Å²) in [6.45, 7) is 4.77. The molecule has 0 saturated heterocycles. The maximum Gasteiger partial charge on any atom is 0.250 e. The minimum absolute atomic E-state index is 0.153. The monoisotopic (exact) mass is 428 g/mol. The van der Waals surface area contributed by atoms with E-state index in [-0.39, 0.29) is 11.7 Å². The van der Waals surface area contributed by atoms with Crippen LogP contribution in [0.1, 0.15) is 19.4 Å². The predicted octanol–water partition coefficient (Wildman–Crippen LogP) is 5.36. The van der Waals surface area contributed by atoms with Gasteiger partial charge in [0, 0.05) is 6.54 Å². The van der Waals surface area contributed by atoms with Crippen LogP contribution in [0.3, 0.4) is 0 Å². The highest BCUT2D eigenvalue weighted by molar-refractivity contribution is 7.99. The number of imidazole rings is 1. The van der Waals surface area contributed by atoms with Gasteiger partial charge < -0.3 is 4.57 Å². The zero-order valence-corrected chi connectivity index (χ0v) is 18.4. The number of nitrogens with one attached hydrogen (secondary N) is 1. The molecule has 4 rings (SSSR count). The molecule has 1 N–H and O–H groups in total. The molecule has 0 aliphatic carbocycles. The van der Waals surface area contributed by atoms with E-state index in [4.69, 9.17) is 0 Å². The number of hydrogen-bond donors (Lipinski definition) is 1. The third kappa shape index (κ3) is 4.86. The van der Waals surface area contributed by atoms with Crippen molar-refractivity contribution in [2.24, 2.45) is 5.10 Å². The van der Waals surface area contributed by atoms with Crippen LogP contribution >= 0.6 is 11.8 Å². The summed E-state index contributed by atoms with van der Waals surface area (Å²) in [5, 5.41) is 5.11. The molecule has 1 aromatic heterocycles. The number of amides is 1. The standard InChI is InChI=1S/C25H24N4OS/c1-3-29-23-12-8-7-11-22(23)26-25(29)31-17-24(30)28-27-18(2)19-13-15-21(16-14-19)20-9-5-4-6-10-20/h4-16H,3,17H2,1-2H3,(H,28,30). The molecule has 1 heterocycles. The van der Waals surface area contributed by atoms with Gasteiger partial charge in [0.05, 0.1) is 22.5 Å². The van der Waals surface area contributed by atoms with Gasteiger partial charge in [-0.25, -0.2) is 10.4 Å². The normalized spacial score (nSPS) is 11.6. The average Bonchev–Trinajstić information content (AvgIpc) is 3.19. The Labute approximate surface area is 186 Å². The van der Waals surface area contributed by atoms with Gasteiger partial charge in [-0.2, -0.15) is 5.10 Å². The first-order valence-electron chi connectivity index (χ1n) is 10.2. The Morgan fingerprint density at radius 2 is 1.65 bits per heavy atom. The minimum Gasteiger partial charge on any atom is -0.319 e. The Hall–Kier alpha value is -3.38. The number of rotatable bonds is 7. The van der Waals surface area contributed by atoms with Crippen molar-refractivity contribution in [2.45, 2.75) is 25.5 Å². The van der Waals surface area contributed by atoms with E-state index < -0.39 is 0 Å². The third-order valence-electron chi connectivity index (χ3n) is 5.03. The fourth-order valence-corrected chi connectivity index (χ4v) is 4.25. The summed E-state index contributed by atoms with van der Waals surface area (Å²) < 4.78 is 2.12. The highest BCUT2D eigenvalue weighted by atomic mass is 32.2. The van der Waals surface area contributed by atoms with Crippen LogP contribution in [0.2, 0.25) is 0 Å². The summed E-state index contributed by atoms with van der Waals surface area (Å²) in [5.74, 6) is 0.104. The molecular formula is C25H24N4OS. The van der Waals surface area contributed by atoms with Gasteiger partial charge in [0.25, 0.3) is 5.91 Å². The van der Waals surface area contributed by atoms with E-state index in [1.807, 2.05) is 61.5 Å². The second-order valence-electron chi connectivity index (χ2n) is 7.09. The zero-order valence-electron chi connectivity index (χ0n) is 17.6. The van der Waals surface area contributed by atoms with Crippen LogP contribution in [0.25, 0.3) is 22.2 Å². The SMILES string of the molecule is CCn1c(SCC(=O)NN=C(C)c2ccc(-c3ccccc3)cc2)nc2ccccc21. The van der Waals surface area contributed by atoms with E-state index in [2.05, 4.69) is 51.3 Å². The van der Waals surface area contributed by atoms with Gasteiger partial charge in [0.2, 0.25) is 0 Å². The van der Waals surface area contributed by atoms with Crippen LogP contribution in [-0.2, 0) is 11.3 Å². The first-order valence-corrected chi connectivity index (χ1v) is 11.2. The van der Waals surface area contributed by atoms with E-state index in [0.29, 0.717) is 0 Å². The van der Waals surface area contributed by atoms with Gasteiger partial charge in [-0.3, -0.25) is 4.79 Å². The molecule has 0 spiro atoms. The van der Waals surface area contributed by atoms with Crippen molar-refractivity contribution in [1.82, 2.24) is 15.0 Å². The number of para-hydroxylation sites is 2. The molecule has 3 aromatic carbocycles. The number of nitrogens with zero attached hydrogens (tertiary/aromatic N) is 3. The van der Waals surface area contributed by atoms with Crippen LogP contribution in [0.5, 0.6) is 0 Å². The molecule has 4 aromatic rings. The Bertz CT molecular complexity index is 1210. The van der Waals surface area contributed by atoms with E-state index in [0.717, 1.165) is 39.6 Å². The third-order valence-corrected chi connectivity index (χ3v) is 6.00. The number of aromatic nitrogens is 2. The first kappa shape index (κ1) is 20.9. The molecule has 0 fully saturated rings. The van der Waals surface area contributed by atoms with Gasteiger partial charge in [-0.15, -0.1) is 0 Å². The molecule has 0 aliphatic heterocycles. The molecule has 31 heavy (non-hydrogen) atoms. The maximum atomic E-state index is 12.3. The number of carbonyl (C=O) groups is 1. The average molecular weight is 429 g/mol. The van der Waals surface area contributed by atoms with Crippen molar-refractivity contribution in [2.75, 3.05) is 5.75 Å². The fraction of sp³-hybridized carbons (Fsp3) is 0.160. The largest absolute Gasteiger partial charge is 0.319 e. The van der Waals surface area contributed by atoms with Gasteiger partial charge in [0.1, 0.15) is 0 Å². The topological polar surface area (TPSA) is 59.3 Å². The summed E-state index contributed by atoms with van der Waals surface area (Å²) in [7, 11) is 0. The predicted molar refractivity (Wildman–Crippen MR) is 128 cm³/mol. The summed E-state index contributed by atoms with van der Waals surface area (Å²) in [6, 6.07) is 26.4. The number of hydrogen-bond acceptors (Lipinski definition) is 4. The van der Waals surface area contributed by atoms with E-state index in [9.17, 15) is 4.79 Å². The van der Waals surface area contributed by atoms with Crippen LogP contribution < -0.4 is 5.43 Å². The molecule has 6 heteroatoms. The van der Waals surface area contributed by atoms with Crippen molar-refractivity contribution in [3.63, 3.8) is 0 Å². The molecule has 0 bridgehead atoms.